The van der Waals surface area contributed by atoms with Crippen LogP contribution in [0.15, 0.2) is 30.3 Å². The Morgan fingerprint density at radius 3 is 2.28 bits per heavy atom. The second-order valence-electron chi connectivity index (χ2n) is 5.75. The number of carboxylic acid groups (broad SMARTS) is 1. The highest BCUT2D eigenvalue weighted by Crippen LogP contribution is 2.11. The number of carbonyl (C=O) groups excluding carboxylic acids is 2. The van der Waals surface area contributed by atoms with Gasteiger partial charge in [-0.25, -0.2) is 4.79 Å². The second-order valence-corrected chi connectivity index (χ2v) is 5.75. The summed E-state index contributed by atoms with van der Waals surface area (Å²) < 4.78 is 0. The molecule has 6 heteroatoms. The largest absolute Gasteiger partial charge is 0.480 e. The lowest BCUT2D eigenvalue weighted by molar-refractivity contribution is -0.142. The summed E-state index contributed by atoms with van der Waals surface area (Å²) >= 11 is 0. The quantitative estimate of drug-likeness (QED) is 0.447. The van der Waals surface area contributed by atoms with E-state index in [2.05, 4.69) is 16.6 Å². The maximum atomic E-state index is 11.9. The van der Waals surface area contributed by atoms with Crippen LogP contribution in [0.2, 0.25) is 0 Å². The number of aliphatic carboxylic acids is 1. The Bertz CT molecular complexity index is 622. The first-order valence-corrected chi connectivity index (χ1v) is 8.24. The molecule has 2 atom stereocenters. The van der Waals surface area contributed by atoms with Crippen molar-refractivity contribution in [3.05, 3.63) is 35.9 Å². The molecule has 0 aliphatic rings. The predicted molar refractivity (Wildman–Crippen MR) is 94.5 cm³/mol. The van der Waals surface area contributed by atoms with Gasteiger partial charge < -0.3 is 15.7 Å². The van der Waals surface area contributed by atoms with Crippen LogP contribution in [-0.2, 0) is 14.4 Å². The number of carboxylic acids is 1. The standard InChI is InChI=1S/C19H24N2O4/c1-3-4-6-11-16(19(24)25)21-18(23)13-12-17(22)20-14(2)15-9-7-5-8-10-15/h1,5,7-10,14,16H,4,6,11-13H2,2H3,(H,20,22)(H,21,23)(H,24,25)/t14-,16-/m1/s1. The van der Waals surface area contributed by atoms with Crippen LogP contribution in [0.1, 0.15) is 50.6 Å². The van der Waals surface area contributed by atoms with Crippen molar-refractivity contribution in [2.24, 2.45) is 0 Å². The lowest BCUT2D eigenvalue weighted by Crippen LogP contribution is -2.41. The Morgan fingerprint density at radius 2 is 1.72 bits per heavy atom. The fourth-order valence-corrected chi connectivity index (χ4v) is 2.30. The van der Waals surface area contributed by atoms with Crippen LogP contribution in [0, 0.1) is 12.3 Å². The average Bonchev–Trinajstić information content (AvgIpc) is 2.59. The zero-order valence-electron chi connectivity index (χ0n) is 14.3. The highest BCUT2D eigenvalue weighted by Gasteiger charge is 2.20. The van der Waals surface area contributed by atoms with Crippen molar-refractivity contribution in [2.45, 2.75) is 51.1 Å². The van der Waals surface area contributed by atoms with Gasteiger partial charge in [0.15, 0.2) is 0 Å². The number of carbonyl (C=O) groups is 3. The zero-order chi connectivity index (χ0) is 18.7. The molecule has 0 radical (unpaired) electrons. The SMILES string of the molecule is C#CCCC[C@@H](NC(=O)CCC(=O)N[C@H](C)c1ccccc1)C(=O)O. The summed E-state index contributed by atoms with van der Waals surface area (Å²) in [6.07, 6.45) is 6.30. The summed E-state index contributed by atoms with van der Waals surface area (Å²) in [4.78, 5) is 34.9. The van der Waals surface area contributed by atoms with Crippen LogP contribution in [0.4, 0.5) is 0 Å². The molecule has 1 rings (SSSR count). The Labute approximate surface area is 148 Å². The van der Waals surface area contributed by atoms with Crippen LogP contribution in [0.3, 0.4) is 0 Å². The van der Waals surface area contributed by atoms with Gasteiger partial charge in [-0.3, -0.25) is 9.59 Å². The van der Waals surface area contributed by atoms with E-state index in [0.717, 1.165) is 5.56 Å². The number of terminal acetylenes is 1. The average molecular weight is 344 g/mol. The van der Waals surface area contributed by atoms with Crippen LogP contribution >= 0.6 is 0 Å². The smallest absolute Gasteiger partial charge is 0.326 e. The van der Waals surface area contributed by atoms with E-state index in [4.69, 9.17) is 11.5 Å². The molecule has 0 aliphatic carbocycles. The minimum atomic E-state index is -1.10. The Kier molecular flexibility index (Phi) is 8.80. The number of rotatable bonds is 10. The zero-order valence-corrected chi connectivity index (χ0v) is 14.3. The topological polar surface area (TPSA) is 95.5 Å². The molecule has 0 bridgehead atoms. The van der Waals surface area contributed by atoms with Gasteiger partial charge in [-0.15, -0.1) is 12.3 Å². The molecule has 1 aromatic carbocycles. The van der Waals surface area contributed by atoms with Gasteiger partial charge in [0.25, 0.3) is 0 Å². The molecule has 1 aromatic rings. The third-order valence-electron chi connectivity index (χ3n) is 3.70. The van der Waals surface area contributed by atoms with Crippen molar-refractivity contribution in [3.8, 4) is 12.3 Å². The van der Waals surface area contributed by atoms with Crippen molar-refractivity contribution < 1.29 is 19.5 Å². The summed E-state index contributed by atoms with van der Waals surface area (Å²) in [5, 5.41) is 14.3. The third kappa shape index (κ3) is 8.02. The fourth-order valence-electron chi connectivity index (χ4n) is 2.30. The molecule has 0 heterocycles. The van der Waals surface area contributed by atoms with Crippen molar-refractivity contribution in [1.29, 1.82) is 0 Å². The van der Waals surface area contributed by atoms with Crippen molar-refractivity contribution in [2.75, 3.05) is 0 Å². The van der Waals surface area contributed by atoms with E-state index in [1.54, 1.807) is 0 Å². The number of benzene rings is 1. The second kappa shape index (κ2) is 10.9. The lowest BCUT2D eigenvalue weighted by Gasteiger charge is -2.15. The first kappa shape index (κ1) is 20.2. The van der Waals surface area contributed by atoms with Crippen LogP contribution in [0.25, 0.3) is 0 Å². The molecule has 0 aromatic heterocycles. The van der Waals surface area contributed by atoms with Crippen LogP contribution < -0.4 is 10.6 Å². The lowest BCUT2D eigenvalue weighted by atomic mass is 10.1. The molecule has 0 unspecified atom stereocenters. The number of hydrogen-bond donors (Lipinski definition) is 3. The first-order valence-electron chi connectivity index (χ1n) is 8.24. The molecule has 0 aliphatic heterocycles. The fraction of sp³-hybridized carbons (Fsp3) is 0.421. The number of amides is 2. The molecule has 2 amide bonds. The van der Waals surface area contributed by atoms with Crippen molar-refractivity contribution in [1.82, 2.24) is 10.6 Å². The monoisotopic (exact) mass is 344 g/mol. The molecule has 3 N–H and O–H groups in total. The number of unbranched alkanes of at least 4 members (excludes halogenated alkanes) is 1. The first-order chi connectivity index (χ1) is 11.9. The number of nitrogens with one attached hydrogen (secondary N) is 2. The van der Waals surface area contributed by atoms with Gasteiger partial charge in [0, 0.05) is 19.3 Å². The van der Waals surface area contributed by atoms with Gasteiger partial charge in [-0.05, 0) is 25.3 Å². The highest BCUT2D eigenvalue weighted by atomic mass is 16.4. The van der Waals surface area contributed by atoms with Crippen molar-refractivity contribution >= 4 is 17.8 Å². The molecule has 25 heavy (non-hydrogen) atoms. The van der Waals surface area contributed by atoms with Crippen LogP contribution in [-0.4, -0.2) is 28.9 Å². The summed E-state index contributed by atoms with van der Waals surface area (Å²) in [5.74, 6) is 0.603. The summed E-state index contributed by atoms with van der Waals surface area (Å²) in [6.45, 7) is 1.86. The molecule has 0 saturated heterocycles. The molecule has 134 valence electrons. The Balaban J connectivity index is 2.37. The molecule has 0 saturated carbocycles. The number of hydrogen-bond acceptors (Lipinski definition) is 3. The maximum Gasteiger partial charge on any atom is 0.326 e. The highest BCUT2D eigenvalue weighted by molar-refractivity contribution is 5.87. The van der Waals surface area contributed by atoms with E-state index in [0.29, 0.717) is 12.8 Å². The van der Waals surface area contributed by atoms with E-state index in [-0.39, 0.29) is 31.2 Å². The molecule has 0 spiro atoms. The van der Waals surface area contributed by atoms with Gasteiger partial charge in [0.1, 0.15) is 6.04 Å². The summed E-state index contributed by atoms with van der Waals surface area (Å²) in [7, 11) is 0. The molecule has 0 fully saturated rings. The summed E-state index contributed by atoms with van der Waals surface area (Å²) in [5.41, 5.74) is 0.972. The van der Waals surface area contributed by atoms with Crippen LogP contribution in [0.5, 0.6) is 0 Å². The van der Waals surface area contributed by atoms with Gasteiger partial charge in [0.2, 0.25) is 11.8 Å². The third-order valence-corrected chi connectivity index (χ3v) is 3.70. The maximum absolute atomic E-state index is 11.9. The summed E-state index contributed by atoms with van der Waals surface area (Å²) in [6, 6.07) is 8.34. The van der Waals surface area contributed by atoms with Crippen molar-refractivity contribution in [3.63, 3.8) is 0 Å². The Morgan fingerprint density at radius 1 is 1.12 bits per heavy atom. The van der Waals surface area contributed by atoms with Gasteiger partial charge in [-0.2, -0.15) is 0 Å². The normalized spacial score (nSPS) is 12.5. The minimum absolute atomic E-state index is 0.000296. The van der Waals surface area contributed by atoms with E-state index in [9.17, 15) is 14.4 Å². The molecule has 6 nitrogen and oxygen atoms in total. The van der Waals surface area contributed by atoms with Gasteiger partial charge in [-0.1, -0.05) is 30.3 Å². The minimum Gasteiger partial charge on any atom is -0.480 e. The van der Waals surface area contributed by atoms with Gasteiger partial charge >= 0.3 is 5.97 Å². The Hall–Kier alpha value is -2.81. The van der Waals surface area contributed by atoms with E-state index < -0.39 is 17.9 Å². The molecular formula is C19H24N2O4. The van der Waals surface area contributed by atoms with E-state index in [1.807, 2.05) is 37.3 Å². The van der Waals surface area contributed by atoms with E-state index in [1.165, 1.54) is 0 Å². The predicted octanol–water partition coefficient (Wildman–Crippen LogP) is 2.02. The van der Waals surface area contributed by atoms with E-state index >= 15 is 0 Å². The van der Waals surface area contributed by atoms with Gasteiger partial charge in [0.05, 0.1) is 6.04 Å². The molecular weight excluding hydrogens is 320 g/mol.